The molecule has 2 atom stereocenters. The van der Waals surface area contributed by atoms with E-state index >= 15 is 0 Å². The summed E-state index contributed by atoms with van der Waals surface area (Å²) in [5, 5.41) is 9.29. The molecule has 0 spiro atoms. The van der Waals surface area contributed by atoms with E-state index in [0.717, 1.165) is 37.2 Å². The predicted molar refractivity (Wildman–Crippen MR) is 78.0 cm³/mol. The predicted octanol–water partition coefficient (Wildman–Crippen LogP) is 2.69. The molecule has 0 bridgehead atoms. The second-order valence-electron chi connectivity index (χ2n) is 5.61. The maximum Gasteiger partial charge on any atom is 0.308 e. The Balaban J connectivity index is 2.16. The van der Waals surface area contributed by atoms with Gasteiger partial charge in [0, 0.05) is 18.2 Å². The Morgan fingerprint density at radius 1 is 1.50 bits per heavy atom. The zero-order valence-electron chi connectivity index (χ0n) is 12.4. The van der Waals surface area contributed by atoms with Crippen LogP contribution in [0, 0.1) is 12.8 Å². The van der Waals surface area contributed by atoms with Crippen molar-refractivity contribution in [2.24, 2.45) is 5.92 Å². The molecule has 1 aliphatic rings. The molecule has 0 amide bonds. The Bertz CT molecular complexity index is 487. The molecule has 4 nitrogen and oxygen atoms in total. The monoisotopic (exact) mass is 277 g/mol. The van der Waals surface area contributed by atoms with E-state index < -0.39 is 5.97 Å². The highest BCUT2D eigenvalue weighted by atomic mass is 16.5. The number of carboxylic acids is 1. The molecule has 1 saturated heterocycles. The van der Waals surface area contributed by atoms with Gasteiger partial charge in [0.1, 0.15) is 5.75 Å². The van der Waals surface area contributed by atoms with Gasteiger partial charge in [-0.25, -0.2) is 0 Å². The third-order valence-corrected chi connectivity index (χ3v) is 4.25. The van der Waals surface area contributed by atoms with Crippen molar-refractivity contribution in [3.63, 3.8) is 0 Å². The van der Waals surface area contributed by atoms with Crippen LogP contribution in [0.1, 0.15) is 30.9 Å². The fourth-order valence-corrected chi connectivity index (χ4v) is 3.02. The Morgan fingerprint density at radius 3 is 2.90 bits per heavy atom. The molecule has 1 aromatic carbocycles. The zero-order chi connectivity index (χ0) is 14.7. The van der Waals surface area contributed by atoms with Crippen LogP contribution in [-0.4, -0.2) is 35.7 Å². The lowest BCUT2D eigenvalue weighted by atomic mass is 9.90. The Hall–Kier alpha value is -1.55. The number of aryl methyl sites for hydroxylation is 1. The van der Waals surface area contributed by atoms with Gasteiger partial charge in [0.15, 0.2) is 0 Å². The molecule has 20 heavy (non-hydrogen) atoms. The maximum absolute atomic E-state index is 11.3. The molecule has 0 unspecified atom stereocenters. The fraction of sp³-hybridized carbons (Fsp3) is 0.562. The molecule has 110 valence electrons. The van der Waals surface area contributed by atoms with Crippen molar-refractivity contribution in [1.82, 2.24) is 4.90 Å². The number of methoxy groups -OCH3 is 1. The first-order valence-electron chi connectivity index (χ1n) is 7.13. The van der Waals surface area contributed by atoms with Crippen LogP contribution in [0.3, 0.4) is 0 Å². The molecule has 1 aromatic rings. The van der Waals surface area contributed by atoms with Crippen molar-refractivity contribution in [2.45, 2.75) is 39.3 Å². The minimum absolute atomic E-state index is 0.0615. The second kappa shape index (κ2) is 6.27. The van der Waals surface area contributed by atoms with Gasteiger partial charge in [-0.15, -0.1) is 0 Å². The number of hydrogen-bond donors (Lipinski definition) is 1. The molecule has 0 aliphatic carbocycles. The van der Waals surface area contributed by atoms with Crippen LogP contribution < -0.4 is 4.74 Å². The van der Waals surface area contributed by atoms with Gasteiger partial charge in [0.05, 0.1) is 13.0 Å². The lowest BCUT2D eigenvalue weighted by molar-refractivity contribution is -0.145. The number of carbonyl (C=O) groups is 1. The summed E-state index contributed by atoms with van der Waals surface area (Å²) >= 11 is 0. The summed E-state index contributed by atoms with van der Waals surface area (Å²) in [5.41, 5.74) is 2.32. The van der Waals surface area contributed by atoms with Gasteiger partial charge >= 0.3 is 5.97 Å². The van der Waals surface area contributed by atoms with E-state index in [1.165, 1.54) is 5.56 Å². The van der Waals surface area contributed by atoms with E-state index in [1.807, 2.05) is 19.1 Å². The Labute approximate surface area is 120 Å². The third-order valence-electron chi connectivity index (χ3n) is 4.25. The van der Waals surface area contributed by atoms with E-state index in [2.05, 4.69) is 17.9 Å². The molecule has 1 aliphatic heterocycles. The van der Waals surface area contributed by atoms with Crippen molar-refractivity contribution in [1.29, 1.82) is 0 Å². The highest BCUT2D eigenvalue weighted by Gasteiger charge is 2.32. The van der Waals surface area contributed by atoms with Gasteiger partial charge < -0.3 is 9.84 Å². The summed E-state index contributed by atoms with van der Waals surface area (Å²) in [4.78, 5) is 13.5. The quantitative estimate of drug-likeness (QED) is 0.919. The van der Waals surface area contributed by atoms with Crippen molar-refractivity contribution < 1.29 is 14.6 Å². The first kappa shape index (κ1) is 14.9. The first-order chi connectivity index (χ1) is 9.52. The van der Waals surface area contributed by atoms with Gasteiger partial charge in [0.25, 0.3) is 0 Å². The topological polar surface area (TPSA) is 49.8 Å². The molecule has 0 radical (unpaired) electrons. The number of aliphatic carboxylic acids is 1. The molecular formula is C16H23NO3. The lowest BCUT2D eigenvalue weighted by Gasteiger charge is -2.37. The molecule has 1 fully saturated rings. The minimum atomic E-state index is -0.682. The van der Waals surface area contributed by atoms with Crippen molar-refractivity contribution >= 4 is 5.97 Å². The van der Waals surface area contributed by atoms with E-state index in [-0.39, 0.29) is 12.0 Å². The van der Waals surface area contributed by atoms with Crippen LogP contribution in [0.25, 0.3) is 0 Å². The normalized spacial score (nSPS) is 23.6. The van der Waals surface area contributed by atoms with Crippen molar-refractivity contribution in [3.8, 4) is 5.75 Å². The molecule has 0 aromatic heterocycles. The summed E-state index contributed by atoms with van der Waals surface area (Å²) in [7, 11) is 1.67. The van der Waals surface area contributed by atoms with E-state index in [9.17, 15) is 9.90 Å². The number of nitrogens with zero attached hydrogens (tertiary/aromatic N) is 1. The Kier molecular flexibility index (Phi) is 4.65. The van der Waals surface area contributed by atoms with Gasteiger partial charge in [-0.2, -0.15) is 0 Å². The smallest absolute Gasteiger partial charge is 0.308 e. The molecule has 4 heteroatoms. The van der Waals surface area contributed by atoms with Crippen LogP contribution in [0.5, 0.6) is 5.75 Å². The summed E-state index contributed by atoms with van der Waals surface area (Å²) in [5.74, 6) is -0.0711. The van der Waals surface area contributed by atoms with Crippen LogP contribution in [-0.2, 0) is 11.3 Å². The minimum Gasteiger partial charge on any atom is -0.496 e. The number of likely N-dealkylation sites (tertiary alicyclic amines) is 1. The molecule has 1 heterocycles. The fourth-order valence-electron chi connectivity index (χ4n) is 3.02. The Morgan fingerprint density at radius 2 is 2.25 bits per heavy atom. The van der Waals surface area contributed by atoms with E-state index in [4.69, 9.17) is 4.74 Å². The highest BCUT2D eigenvalue weighted by molar-refractivity contribution is 5.71. The lowest BCUT2D eigenvalue weighted by Crippen LogP contribution is -2.45. The second-order valence-corrected chi connectivity index (χ2v) is 5.61. The average Bonchev–Trinajstić information content (AvgIpc) is 2.41. The molecule has 1 N–H and O–H groups in total. The first-order valence-corrected chi connectivity index (χ1v) is 7.13. The van der Waals surface area contributed by atoms with Crippen molar-refractivity contribution in [3.05, 3.63) is 29.3 Å². The highest BCUT2D eigenvalue weighted by Crippen LogP contribution is 2.28. The van der Waals surface area contributed by atoms with Gasteiger partial charge in [-0.05, 0) is 39.3 Å². The largest absolute Gasteiger partial charge is 0.496 e. The van der Waals surface area contributed by atoms with E-state index in [0.29, 0.717) is 0 Å². The van der Waals surface area contributed by atoms with Crippen LogP contribution in [0.4, 0.5) is 0 Å². The number of piperidine rings is 1. The molecule has 2 rings (SSSR count). The summed E-state index contributed by atoms with van der Waals surface area (Å²) in [6.45, 7) is 5.76. The van der Waals surface area contributed by atoms with Gasteiger partial charge in [-0.3, -0.25) is 9.69 Å². The number of ether oxygens (including phenoxy) is 1. The standard InChI is InChI=1S/C16H23NO3/c1-11-6-7-15(20-3)13(9-11)10-17-8-4-5-14(12(17)2)16(18)19/h6-7,9,12,14H,4-5,8,10H2,1-3H3,(H,18,19)/t12-,14-/m0/s1. The molecule has 0 saturated carbocycles. The summed E-state index contributed by atoms with van der Waals surface area (Å²) in [6.07, 6.45) is 1.72. The van der Waals surface area contributed by atoms with Gasteiger partial charge in [-0.1, -0.05) is 17.7 Å². The van der Waals surface area contributed by atoms with Gasteiger partial charge in [0.2, 0.25) is 0 Å². The summed E-state index contributed by atoms with van der Waals surface area (Å²) < 4.78 is 5.41. The van der Waals surface area contributed by atoms with Crippen molar-refractivity contribution in [2.75, 3.05) is 13.7 Å². The maximum atomic E-state index is 11.3. The number of rotatable bonds is 4. The summed E-state index contributed by atoms with van der Waals surface area (Å²) in [6, 6.07) is 6.19. The van der Waals surface area contributed by atoms with E-state index in [1.54, 1.807) is 7.11 Å². The number of benzene rings is 1. The third kappa shape index (κ3) is 3.12. The van der Waals surface area contributed by atoms with Crippen LogP contribution in [0.2, 0.25) is 0 Å². The SMILES string of the molecule is COc1ccc(C)cc1CN1CCC[C@H](C(=O)O)[C@@H]1C. The van der Waals surface area contributed by atoms with Crippen LogP contribution in [0.15, 0.2) is 18.2 Å². The number of hydrogen-bond acceptors (Lipinski definition) is 3. The zero-order valence-corrected chi connectivity index (χ0v) is 12.4. The van der Waals surface area contributed by atoms with Crippen LogP contribution >= 0.6 is 0 Å². The average molecular weight is 277 g/mol. The number of carboxylic acid groups (broad SMARTS) is 1. The molecular weight excluding hydrogens is 254 g/mol.